The number of carbonyl (C=O) groups is 3. The lowest BCUT2D eigenvalue weighted by molar-refractivity contribution is -0.247. The topological polar surface area (TPSA) is 134 Å². The fraction of sp³-hybridized carbons (Fsp3) is 0.880. The van der Waals surface area contributed by atoms with Gasteiger partial charge in [-0.2, -0.15) is 0 Å². The van der Waals surface area contributed by atoms with E-state index in [1.54, 1.807) is 6.92 Å². The summed E-state index contributed by atoms with van der Waals surface area (Å²) in [6.45, 7) is 3.76. The van der Waals surface area contributed by atoms with Crippen molar-refractivity contribution in [2.24, 2.45) is 23.7 Å². The van der Waals surface area contributed by atoms with Crippen LogP contribution in [-0.4, -0.2) is 80.4 Å². The lowest BCUT2D eigenvalue weighted by Gasteiger charge is -2.41. The lowest BCUT2D eigenvalue weighted by Crippen LogP contribution is -2.60. The van der Waals surface area contributed by atoms with Gasteiger partial charge in [-0.3, -0.25) is 9.59 Å². The SMILES string of the molecule is CC(OC(=O)C1CCCCN1C(=O)C(=O)C1(O)OC(P)CCC1C)C1CC2CCC(O)C(O)C2C1. The number of hydrogen-bond acceptors (Lipinski definition) is 8. The molecule has 198 valence electrons. The molecule has 0 radical (unpaired) electrons. The third kappa shape index (κ3) is 5.30. The molecule has 2 saturated carbocycles. The summed E-state index contributed by atoms with van der Waals surface area (Å²) in [4.78, 5) is 40.8. The van der Waals surface area contributed by atoms with Crippen LogP contribution in [0.3, 0.4) is 0 Å². The molecule has 4 rings (SSSR count). The van der Waals surface area contributed by atoms with Crippen molar-refractivity contribution < 1.29 is 39.2 Å². The summed E-state index contributed by atoms with van der Waals surface area (Å²) in [5.74, 6) is -5.25. The third-order valence-corrected chi connectivity index (χ3v) is 9.33. The minimum absolute atomic E-state index is 0.00839. The maximum atomic E-state index is 13.2. The molecule has 0 spiro atoms. The number of aliphatic hydroxyl groups is 3. The van der Waals surface area contributed by atoms with Crippen molar-refractivity contribution in [2.45, 2.75) is 108 Å². The largest absolute Gasteiger partial charge is 0.461 e. The lowest BCUT2D eigenvalue weighted by atomic mass is 9.78. The molecule has 4 aliphatic rings. The second-order valence-corrected chi connectivity index (χ2v) is 11.8. The van der Waals surface area contributed by atoms with Gasteiger partial charge in [-0.1, -0.05) is 6.92 Å². The van der Waals surface area contributed by atoms with Crippen LogP contribution in [0.2, 0.25) is 0 Å². The predicted octanol–water partition coefficient (Wildman–Crippen LogP) is 1.36. The van der Waals surface area contributed by atoms with Gasteiger partial charge in [0.25, 0.3) is 11.7 Å². The number of hydrogen-bond donors (Lipinski definition) is 3. The molecule has 1 amide bonds. The zero-order chi connectivity index (χ0) is 25.5. The number of ketones is 1. The van der Waals surface area contributed by atoms with Gasteiger partial charge in [0.2, 0.25) is 5.79 Å². The van der Waals surface area contributed by atoms with Gasteiger partial charge < -0.3 is 29.7 Å². The summed E-state index contributed by atoms with van der Waals surface area (Å²) in [5.41, 5.74) is 0. The van der Waals surface area contributed by atoms with Crippen molar-refractivity contribution in [1.82, 2.24) is 4.90 Å². The maximum Gasteiger partial charge on any atom is 0.329 e. The number of esters is 1. The number of amides is 1. The second-order valence-electron chi connectivity index (χ2n) is 11.1. The molecule has 0 aromatic heterocycles. The molecule has 0 bridgehead atoms. The van der Waals surface area contributed by atoms with E-state index in [4.69, 9.17) is 9.47 Å². The quantitative estimate of drug-likeness (QED) is 0.285. The Morgan fingerprint density at radius 3 is 2.57 bits per heavy atom. The minimum atomic E-state index is -2.20. The normalized spacial score (nSPS) is 42.7. The summed E-state index contributed by atoms with van der Waals surface area (Å²) in [6.07, 6.45) is 4.09. The molecule has 3 N–H and O–H groups in total. The smallest absolute Gasteiger partial charge is 0.329 e. The van der Waals surface area contributed by atoms with E-state index >= 15 is 0 Å². The number of ether oxygens (including phenoxy) is 2. The summed E-state index contributed by atoms with van der Waals surface area (Å²) in [5, 5.41) is 31.3. The molecule has 0 aromatic rings. The molecule has 2 saturated heterocycles. The Bertz CT molecular complexity index is 825. The number of Topliss-reactive ketones (excluding diaryl/α,β-unsaturated/α-hetero) is 1. The third-order valence-electron chi connectivity index (χ3n) is 8.86. The van der Waals surface area contributed by atoms with E-state index in [0.717, 1.165) is 19.3 Å². The summed E-state index contributed by atoms with van der Waals surface area (Å²) >= 11 is 0. The highest BCUT2D eigenvalue weighted by Gasteiger charge is 2.52. The van der Waals surface area contributed by atoms with Crippen LogP contribution in [0.15, 0.2) is 0 Å². The van der Waals surface area contributed by atoms with E-state index in [2.05, 4.69) is 9.24 Å². The zero-order valence-electron chi connectivity index (χ0n) is 20.7. The van der Waals surface area contributed by atoms with Crippen LogP contribution < -0.4 is 0 Å². The summed E-state index contributed by atoms with van der Waals surface area (Å²) < 4.78 is 11.3. The first-order chi connectivity index (χ1) is 16.5. The molecule has 9 nitrogen and oxygen atoms in total. The molecule has 35 heavy (non-hydrogen) atoms. The number of piperidine rings is 1. The molecule has 11 unspecified atom stereocenters. The van der Waals surface area contributed by atoms with Crippen LogP contribution in [0.25, 0.3) is 0 Å². The highest BCUT2D eigenvalue weighted by Crippen LogP contribution is 2.47. The fourth-order valence-corrected chi connectivity index (χ4v) is 6.93. The van der Waals surface area contributed by atoms with Crippen LogP contribution in [0.5, 0.6) is 0 Å². The molecule has 0 aromatic carbocycles. The van der Waals surface area contributed by atoms with Gasteiger partial charge in [-0.05, 0) is 82.5 Å². The van der Waals surface area contributed by atoms with Gasteiger partial charge in [0.15, 0.2) is 0 Å². The first-order valence-electron chi connectivity index (χ1n) is 13.1. The standard InChI is InChI=1S/C25H40NO8P/c1-13-6-9-20(35)34-25(13,32)22(29)23(30)26-10-4-3-5-18(26)24(31)33-14(2)16-11-15-7-8-19(27)21(28)17(15)12-16/h13-21,27-28,32H,3-12,35H2,1-2H3. The summed E-state index contributed by atoms with van der Waals surface area (Å²) in [7, 11) is 2.43. The predicted molar refractivity (Wildman–Crippen MR) is 129 cm³/mol. The number of likely N-dealkylation sites (tertiary alicyclic amines) is 1. The van der Waals surface area contributed by atoms with E-state index in [1.807, 2.05) is 6.92 Å². The van der Waals surface area contributed by atoms with Crippen LogP contribution >= 0.6 is 9.24 Å². The van der Waals surface area contributed by atoms with Crippen molar-refractivity contribution >= 4 is 26.9 Å². The number of fused-ring (bicyclic) bond motifs is 1. The highest BCUT2D eigenvalue weighted by atomic mass is 31.0. The van der Waals surface area contributed by atoms with E-state index in [9.17, 15) is 29.7 Å². The van der Waals surface area contributed by atoms with Crippen LogP contribution in [0.1, 0.15) is 71.6 Å². The van der Waals surface area contributed by atoms with Crippen LogP contribution in [0, 0.1) is 23.7 Å². The monoisotopic (exact) mass is 513 g/mol. The molecule has 2 heterocycles. The van der Waals surface area contributed by atoms with Gasteiger partial charge in [0, 0.05) is 12.5 Å². The average Bonchev–Trinajstić information content (AvgIpc) is 3.28. The van der Waals surface area contributed by atoms with Gasteiger partial charge in [-0.15, -0.1) is 9.24 Å². The molecule has 11 atom stereocenters. The Morgan fingerprint density at radius 1 is 1.09 bits per heavy atom. The van der Waals surface area contributed by atoms with Crippen LogP contribution in [0.4, 0.5) is 0 Å². The zero-order valence-corrected chi connectivity index (χ0v) is 21.8. The van der Waals surface area contributed by atoms with Crippen molar-refractivity contribution in [2.75, 3.05) is 6.54 Å². The van der Waals surface area contributed by atoms with Gasteiger partial charge in [-0.25, -0.2) is 4.79 Å². The van der Waals surface area contributed by atoms with E-state index in [0.29, 0.717) is 44.4 Å². The molecule has 2 aliphatic carbocycles. The van der Waals surface area contributed by atoms with E-state index in [1.165, 1.54) is 4.90 Å². The van der Waals surface area contributed by atoms with Crippen molar-refractivity contribution in [3.8, 4) is 0 Å². The van der Waals surface area contributed by atoms with Crippen LogP contribution in [-0.2, 0) is 23.9 Å². The number of rotatable bonds is 5. The average molecular weight is 514 g/mol. The molecular formula is C25H40NO8P. The first-order valence-corrected chi connectivity index (χ1v) is 13.8. The highest BCUT2D eigenvalue weighted by molar-refractivity contribution is 7.17. The summed E-state index contributed by atoms with van der Waals surface area (Å²) in [6, 6.07) is -0.881. The minimum Gasteiger partial charge on any atom is -0.461 e. The van der Waals surface area contributed by atoms with Crippen molar-refractivity contribution in [3.63, 3.8) is 0 Å². The Labute approximate surface area is 209 Å². The molecular weight excluding hydrogens is 473 g/mol. The molecule has 4 fully saturated rings. The maximum absolute atomic E-state index is 13.2. The molecule has 2 aliphatic heterocycles. The van der Waals surface area contributed by atoms with Crippen molar-refractivity contribution in [1.29, 1.82) is 0 Å². The van der Waals surface area contributed by atoms with E-state index in [-0.39, 0.29) is 18.4 Å². The first kappa shape index (κ1) is 26.9. The number of carbonyl (C=O) groups excluding carboxylic acids is 3. The van der Waals surface area contributed by atoms with Gasteiger partial charge >= 0.3 is 5.97 Å². The number of nitrogens with zero attached hydrogens (tertiary/aromatic N) is 1. The van der Waals surface area contributed by atoms with Gasteiger partial charge in [0.05, 0.1) is 18.1 Å². The Morgan fingerprint density at radius 2 is 1.83 bits per heavy atom. The Kier molecular flexibility index (Phi) is 8.23. The molecule has 10 heteroatoms. The fourth-order valence-electron chi connectivity index (χ4n) is 6.53. The number of aliphatic hydroxyl groups excluding tert-OH is 2. The Hall–Kier alpha value is -1.12. The van der Waals surface area contributed by atoms with E-state index < -0.39 is 59.6 Å². The van der Waals surface area contributed by atoms with Crippen molar-refractivity contribution in [3.05, 3.63) is 0 Å². The second kappa shape index (κ2) is 10.7. The Balaban J connectivity index is 1.40. The van der Waals surface area contributed by atoms with Gasteiger partial charge in [0.1, 0.15) is 12.1 Å².